The lowest BCUT2D eigenvalue weighted by Gasteiger charge is -2.34. The standard InChI is InChI=1S/C10H14N4O3S/c15-9(16)1-2-13-3-5-14(6-4-13)10(17)8-7-11-12-18-8/h7H,1-6H2,(H,15,16). The highest BCUT2D eigenvalue weighted by Crippen LogP contribution is 2.10. The summed E-state index contributed by atoms with van der Waals surface area (Å²) in [5, 5.41) is 12.3. The van der Waals surface area contributed by atoms with Gasteiger partial charge in [0.05, 0.1) is 12.6 Å². The van der Waals surface area contributed by atoms with Crippen LogP contribution in [0, 0.1) is 0 Å². The number of aliphatic carboxylic acids is 1. The Morgan fingerprint density at radius 1 is 1.33 bits per heavy atom. The van der Waals surface area contributed by atoms with Gasteiger partial charge in [-0.1, -0.05) is 4.49 Å². The predicted molar refractivity (Wildman–Crippen MR) is 64.5 cm³/mol. The van der Waals surface area contributed by atoms with Crippen molar-refractivity contribution in [1.29, 1.82) is 0 Å². The van der Waals surface area contributed by atoms with Crippen LogP contribution in [-0.2, 0) is 4.79 Å². The van der Waals surface area contributed by atoms with E-state index in [2.05, 4.69) is 14.5 Å². The number of carboxylic acids is 1. The number of carboxylic acid groups (broad SMARTS) is 1. The van der Waals surface area contributed by atoms with Gasteiger partial charge in [-0.05, 0) is 11.5 Å². The zero-order valence-electron chi connectivity index (χ0n) is 9.78. The van der Waals surface area contributed by atoms with Crippen molar-refractivity contribution < 1.29 is 14.7 Å². The average molecular weight is 270 g/mol. The zero-order chi connectivity index (χ0) is 13.0. The number of hydrogen-bond donors (Lipinski definition) is 1. The minimum atomic E-state index is -0.788. The Balaban J connectivity index is 1.80. The van der Waals surface area contributed by atoms with Crippen LogP contribution in [-0.4, -0.2) is 69.1 Å². The maximum atomic E-state index is 12.0. The van der Waals surface area contributed by atoms with Gasteiger partial charge >= 0.3 is 5.97 Å². The van der Waals surface area contributed by atoms with E-state index in [0.29, 0.717) is 37.6 Å². The highest BCUT2D eigenvalue weighted by atomic mass is 32.1. The second-order valence-electron chi connectivity index (χ2n) is 4.06. The molecule has 98 valence electrons. The number of carbonyl (C=O) groups is 2. The van der Waals surface area contributed by atoms with Gasteiger partial charge in [0.1, 0.15) is 4.88 Å². The molecule has 0 aliphatic carbocycles. The van der Waals surface area contributed by atoms with Gasteiger partial charge in [0, 0.05) is 32.7 Å². The van der Waals surface area contributed by atoms with Crippen LogP contribution in [0.2, 0.25) is 0 Å². The van der Waals surface area contributed by atoms with Crippen molar-refractivity contribution in [3.05, 3.63) is 11.1 Å². The molecule has 0 bridgehead atoms. The minimum Gasteiger partial charge on any atom is -0.481 e. The zero-order valence-corrected chi connectivity index (χ0v) is 10.6. The van der Waals surface area contributed by atoms with Crippen LogP contribution in [0.15, 0.2) is 6.20 Å². The van der Waals surface area contributed by atoms with Crippen LogP contribution in [0.4, 0.5) is 0 Å². The van der Waals surface area contributed by atoms with Crippen molar-refractivity contribution in [3.63, 3.8) is 0 Å². The number of amides is 1. The molecule has 1 aromatic heterocycles. The Morgan fingerprint density at radius 3 is 2.61 bits per heavy atom. The Labute approximate surface area is 108 Å². The van der Waals surface area contributed by atoms with Gasteiger partial charge in [-0.3, -0.25) is 14.5 Å². The quantitative estimate of drug-likeness (QED) is 0.813. The van der Waals surface area contributed by atoms with Gasteiger partial charge in [-0.15, -0.1) is 5.10 Å². The smallest absolute Gasteiger partial charge is 0.304 e. The number of piperazine rings is 1. The monoisotopic (exact) mass is 270 g/mol. The summed E-state index contributed by atoms with van der Waals surface area (Å²) >= 11 is 1.10. The molecule has 7 nitrogen and oxygen atoms in total. The molecular formula is C10H14N4O3S. The summed E-state index contributed by atoms with van der Waals surface area (Å²) in [6, 6.07) is 0. The second-order valence-corrected chi connectivity index (χ2v) is 4.85. The van der Waals surface area contributed by atoms with Gasteiger partial charge < -0.3 is 10.0 Å². The summed E-state index contributed by atoms with van der Waals surface area (Å²) in [5.41, 5.74) is 0. The van der Waals surface area contributed by atoms with Crippen LogP contribution in [0.1, 0.15) is 16.1 Å². The van der Waals surface area contributed by atoms with Gasteiger partial charge in [-0.25, -0.2) is 0 Å². The maximum absolute atomic E-state index is 12.0. The Kier molecular flexibility index (Phi) is 4.21. The van der Waals surface area contributed by atoms with E-state index in [0.717, 1.165) is 11.5 Å². The van der Waals surface area contributed by atoms with Gasteiger partial charge in [0.15, 0.2) is 0 Å². The summed E-state index contributed by atoms with van der Waals surface area (Å²) in [6.07, 6.45) is 1.62. The first-order chi connectivity index (χ1) is 8.66. The van der Waals surface area contributed by atoms with Crippen molar-refractivity contribution in [2.45, 2.75) is 6.42 Å². The van der Waals surface area contributed by atoms with Crippen LogP contribution in [0.25, 0.3) is 0 Å². The number of carbonyl (C=O) groups excluding carboxylic acids is 1. The molecule has 0 spiro atoms. The third-order valence-corrected chi connectivity index (χ3v) is 3.53. The molecule has 8 heteroatoms. The molecule has 1 fully saturated rings. The normalized spacial score (nSPS) is 16.8. The largest absolute Gasteiger partial charge is 0.481 e. The number of hydrogen-bond acceptors (Lipinski definition) is 6. The highest BCUT2D eigenvalue weighted by molar-refractivity contribution is 7.07. The number of rotatable bonds is 4. The lowest BCUT2D eigenvalue weighted by molar-refractivity contribution is -0.137. The van der Waals surface area contributed by atoms with Gasteiger partial charge in [0.25, 0.3) is 5.91 Å². The van der Waals surface area contributed by atoms with Crippen molar-refractivity contribution in [2.75, 3.05) is 32.7 Å². The molecule has 0 aromatic carbocycles. The Bertz CT molecular complexity index is 415. The summed E-state index contributed by atoms with van der Waals surface area (Å²) in [6.45, 7) is 3.21. The lowest BCUT2D eigenvalue weighted by Crippen LogP contribution is -2.48. The SMILES string of the molecule is O=C(O)CCN1CCN(C(=O)c2cnns2)CC1. The Morgan fingerprint density at radius 2 is 2.06 bits per heavy atom. The molecule has 1 saturated heterocycles. The van der Waals surface area contributed by atoms with Gasteiger partial charge in [-0.2, -0.15) is 0 Å². The van der Waals surface area contributed by atoms with Gasteiger partial charge in [0.2, 0.25) is 0 Å². The van der Waals surface area contributed by atoms with E-state index in [9.17, 15) is 9.59 Å². The third kappa shape index (κ3) is 3.23. The number of nitrogens with zero attached hydrogens (tertiary/aromatic N) is 4. The molecule has 2 heterocycles. The molecule has 1 aromatic rings. The van der Waals surface area contributed by atoms with Crippen molar-refractivity contribution in [3.8, 4) is 0 Å². The average Bonchev–Trinajstić information content (AvgIpc) is 2.90. The first kappa shape index (κ1) is 12.9. The highest BCUT2D eigenvalue weighted by Gasteiger charge is 2.23. The fourth-order valence-electron chi connectivity index (χ4n) is 1.85. The van der Waals surface area contributed by atoms with Crippen LogP contribution in [0.3, 0.4) is 0 Å². The second kappa shape index (κ2) is 5.87. The minimum absolute atomic E-state index is 0.0390. The molecule has 0 radical (unpaired) electrons. The van der Waals surface area contributed by atoms with Crippen LogP contribution >= 0.6 is 11.5 Å². The predicted octanol–water partition coefficient (Wildman–Crippen LogP) is -0.229. The fraction of sp³-hybridized carbons (Fsp3) is 0.600. The molecular weight excluding hydrogens is 256 g/mol. The Hall–Kier alpha value is -1.54. The van der Waals surface area contributed by atoms with E-state index in [1.807, 2.05) is 0 Å². The molecule has 0 saturated carbocycles. The maximum Gasteiger partial charge on any atom is 0.304 e. The van der Waals surface area contributed by atoms with Crippen molar-refractivity contribution >= 4 is 23.4 Å². The topological polar surface area (TPSA) is 86.6 Å². The summed E-state index contributed by atoms with van der Waals surface area (Å²) < 4.78 is 3.67. The van der Waals surface area contributed by atoms with E-state index >= 15 is 0 Å². The van der Waals surface area contributed by atoms with Crippen molar-refractivity contribution in [2.24, 2.45) is 0 Å². The molecule has 0 unspecified atom stereocenters. The van der Waals surface area contributed by atoms with E-state index < -0.39 is 5.97 Å². The summed E-state index contributed by atoms with van der Waals surface area (Å²) in [7, 11) is 0. The molecule has 0 atom stereocenters. The first-order valence-electron chi connectivity index (χ1n) is 5.67. The van der Waals surface area contributed by atoms with E-state index in [1.54, 1.807) is 4.90 Å². The molecule has 1 amide bonds. The van der Waals surface area contributed by atoms with Crippen LogP contribution < -0.4 is 0 Å². The van der Waals surface area contributed by atoms with E-state index in [-0.39, 0.29) is 12.3 Å². The first-order valence-corrected chi connectivity index (χ1v) is 6.45. The van der Waals surface area contributed by atoms with Crippen molar-refractivity contribution in [1.82, 2.24) is 19.4 Å². The molecule has 1 N–H and O–H groups in total. The molecule has 1 aliphatic heterocycles. The van der Waals surface area contributed by atoms with E-state index in [1.165, 1.54) is 6.20 Å². The van der Waals surface area contributed by atoms with E-state index in [4.69, 9.17) is 5.11 Å². The molecule has 1 aliphatic rings. The summed E-state index contributed by atoms with van der Waals surface area (Å²) in [5.74, 6) is -0.827. The third-order valence-electron chi connectivity index (χ3n) is 2.87. The fourth-order valence-corrected chi connectivity index (χ4v) is 2.33. The number of aromatic nitrogens is 2. The summed E-state index contributed by atoms with van der Waals surface area (Å²) in [4.78, 5) is 26.8. The molecule has 2 rings (SSSR count). The molecule has 18 heavy (non-hydrogen) atoms. The van der Waals surface area contributed by atoms with Crippen LogP contribution in [0.5, 0.6) is 0 Å². The lowest BCUT2D eigenvalue weighted by atomic mass is 10.2.